The van der Waals surface area contributed by atoms with Crippen molar-refractivity contribution in [1.29, 1.82) is 5.26 Å². The van der Waals surface area contributed by atoms with Crippen LogP contribution in [-0.2, 0) is 19.2 Å². The third-order valence-electron chi connectivity index (χ3n) is 6.66. The van der Waals surface area contributed by atoms with Gasteiger partial charge in [-0.2, -0.15) is 18.4 Å². The summed E-state index contributed by atoms with van der Waals surface area (Å²) < 4.78 is 38.8. The molecule has 0 saturated carbocycles. The van der Waals surface area contributed by atoms with E-state index < -0.39 is 53.4 Å². The number of nitriles is 1. The molecule has 2 saturated heterocycles. The summed E-state index contributed by atoms with van der Waals surface area (Å²) in [5.74, 6) is -4.25. The molecule has 3 N–H and O–H groups in total. The number of halogens is 3. The number of alkyl halides is 3. The van der Waals surface area contributed by atoms with Gasteiger partial charge in [0.1, 0.15) is 18.1 Å². The third-order valence-corrected chi connectivity index (χ3v) is 6.66. The molecular weight excluding hydrogens is 467 g/mol. The van der Waals surface area contributed by atoms with Gasteiger partial charge in [-0.25, -0.2) is 0 Å². The van der Waals surface area contributed by atoms with Crippen LogP contribution in [0.2, 0.25) is 0 Å². The van der Waals surface area contributed by atoms with E-state index in [1.54, 1.807) is 5.32 Å². The van der Waals surface area contributed by atoms with E-state index in [0.717, 1.165) is 0 Å². The second-order valence-electron chi connectivity index (χ2n) is 10.7. The Bertz CT molecular complexity index is 878. The molecule has 2 heterocycles. The van der Waals surface area contributed by atoms with Crippen LogP contribution in [0.25, 0.3) is 0 Å². The molecule has 2 aliphatic rings. The minimum absolute atomic E-state index is 0.0786. The minimum atomic E-state index is -5.17. The lowest BCUT2D eigenvalue weighted by molar-refractivity contribution is -0.176. The second-order valence-corrected chi connectivity index (χ2v) is 10.7. The van der Waals surface area contributed by atoms with Gasteiger partial charge >= 0.3 is 12.1 Å². The molecule has 35 heavy (non-hydrogen) atoms. The number of carbonyl (C=O) groups is 4. The number of nitrogens with zero attached hydrogens (tertiary/aromatic N) is 2. The number of rotatable bonds is 7. The summed E-state index contributed by atoms with van der Waals surface area (Å²) in [4.78, 5) is 51.4. The van der Waals surface area contributed by atoms with Crippen molar-refractivity contribution < 1.29 is 32.3 Å². The highest BCUT2D eigenvalue weighted by molar-refractivity contribution is 5.94. The van der Waals surface area contributed by atoms with Crippen LogP contribution in [0.4, 0.5) is 13.2 Å². The molecule has 4 amide bonds. The van der Waals surface area contributed by atoms with Gasteiger partial charge in [0.2, 0.25) is 17.7 Å². The Balaban J connectivity index is 2.25. The summed E-state index contributed by atoms with van der Waals surface area (Å²) in [6.07, 6.45) is -4.24. The first-order valence-corrected chi connectivity index (χ1v) is 11.7. The summed E-state index contributed by atoms with van der Waals surface area (Å²) in [5.41, 5.74) is -1.07. The van der Waals surface area contributed by atoms with Crippen molar-refractivity contribution in [2.75, 3.05) is 13.1 Å². The normalized spacial score (nSPS) is 24.5. The number of carbonyl (C=O) groups excluding carboxylic acids is 4. The molecule has 0 aromatic carbocycles. The monoisotopic (exact) mass is 501 g/mol. The lowest BCUT2D eigenvalue weighted by Crippen LogP contribution is -2.59. The second kappa shape index (κ2) is 10.8. The van der Waals surface area contributed by atoms with Crippen LogP contribution in [0.15, 0.2) is 0 Å². The fraction of sp³-hybridized carbons (Fsp3) is 0.783. The van der Waals surface area contributed by atoms with Crippen molar-refractivity contribution in [2.24, 2.45) is 23.2 Å². The van der Waals surface area contributed by atoms with Gasteiger partial charge in [-0.05, 0) is 36.5 Å². The first-order chi connectivity index (χ1) is 16.1. The Morgan fingerprint density at radius 2 is 1.83 bits per heavy atom. The van der Waals surface area contributed by atoms with Crippen LogP contribution in [0.3, 0.4) is 0 Å². The van der Waals surface area contributed by atoms with Crippen LogP contribution in [0, 0.1) is 34.5 Å². The number of nitrogens with one attached hydrogen (secondary N) is 3. The molecule has 2 rings (SSSR count). The maximum atomic E-state index is 13.5. The van der Waals surface area contributed by atoms with Crippen molar-refractivity contribution in [3.63, 3.8) is 0 Å². The summed E-state index contributed by atoms with van der Waals surface area (Å²) in [6, 6.07) is -1.53. The molecule has 2 aliphatic heterocycles. The highest BCUT2D eigenvalue weighted by Crippen LogP contribution is 2.32. The van der Waals surface area contributed by atoms with Gasteiger partial charge in [-0.15, -0.1) is 0 Å². The molecule has 196 valence electrons. The van der Waals surface area contributed by atoms with Crippen molar-refractivity contribution in [2.45, 2.75) is 78.2 Å². The Hall–Kier alpha value is -2.84. The summed E-state index contributed by atoms with van der Waals surface area (Å²) in [7, 11) is 0. The number of hydrogen-bond acceptors (Lipinski definition) is 5. The fourth-order valence-corrected chi connectivity index (χ4v) is 4.44. The van der Waals surface area contributed by atoms with Gasteiger partial charge in [0.05, 0.1) is 6.07 Å². The summed E-state index contributed by atoms with van der Waals surface area (Å²) in [6.45, 7) is 9.02. The Kier molecular flexibility index (Phi) is 8.79. The molecule has 0 bridgehead atoms. The number of hydrogen-bond donors (Lipinski definition) is 3. The first kappa shape index (κ1) is 28.4. The van der Waals surface area contributed by atoms with Crippen molar-refractivity contribution in [1.82, 2.24) is 20.9 Å². The van der Waals surface area contributed by atoms with Gasteiger partial charge in [0.25, 0.3) is 0 Å². The van der Waals surface area contributed by atoms with Gasteiger partial charge in [0.15, 0.2) is 0 Å². The molecule has 2 fully saturated rings. The van der Waals surface area contributed by atoms with Crippen molar-refractivity contribution in [3.05, 3.63) is 0 Å². The van der Waals surface area contributed by atoms with E-state index in [4.69, 9.17) is 0 Å². The Morgan fingerprint density at radius 3 is 2.29 bits per heavy atom. The van der Waals surface area contributed by atoms with Crippen LogP contribution in [0.5, 0.6) is 0 Å². The highest BCUT2D eigenvalue weighted by Gasteiger charge is 2.48. The zero-order chi connectivity index (χ0) is 26.7. The molecule has 0 radical (unpaired) electrons. The van der Waals surface area contributed by atoms with E-state index in [0.29, 0.717) is 13.0 Å². The van der Waals surface area contributed by atoms with Crippen molar-refractivity contribution >= 4 is 23.6 Å². The fourth-order valence-electron chi connectivity index (χ4n) is 4.44. The average Bonchev–Trinajstić information content (AvgIpc) is 3.36. The lowest BCUT2D eigenvalue weighted by atomic mass is 9.85. The van der Waals surface area contributed by atoms with Gasteiger partial charge in [-0.1, -0.05) is 34.6 Å². The largest absolute Gasteiger partial charge is 0.471 e. The van der Waals surface area contributed by atoms with E-state index >= 15 is 0 Å². The first-order valence-electron chi connectivity index (χ1n) is 11.7. The zero-order valence-corrected chi connectivity index (χ0v) is 20.7. The lowest BCUT2D eigenvalue weighted by Gasteiger charge is -2.35. The van der Waals surface area contributed by atoms with Crippen molar-refractivity contribution in [3.8, 4) is 6.07 Å². The maximum absolute atomic E-state index is 13.5. The average molecular weight is 502 g/mol. The highest BCUT2D eigenvalue weighted by atomic mass is 19.4. The van der Waals surface area contributed by atoms with E-state index in [-0.39, 0.29) is 37.1 Å². The predicted octanol–water partition coefficient (Wildman–Crippen LogP) is 1.49. The third kappa shape index (κ3) is 7.08. The van der Waals surface area contributed by atoms with Gasteiger partial charge < -0.3 is 20.9 Å². The van der Waals surface area contributed by atoms with E-state index in [9.17, 15) is 37.6 Å². The standard InChI is InChI=1S/C23H34F3N5O4/c1-12(2)14-9-16(19(33)29-15(10-27)8-13-6-7-28-18(13)32)31(11-14)20(34)17(22(3,4)5)30-21(35)23(24,25)26/h12-17H,6-9,11H2,1-5H3,(H,28,32)(H,29,33)(H,30,35)/t13-,14-,15?,16-,17?/m0/s1. The zero-order valence-electron chi connectivity index (χ0n) is 20.7. The number of likely N-dealkylation sites (tertiary alicyclic amines) is 1. The molecular formula is C23H34F3N5O4. The van der Waals surface area contributed by atoms with E-state index in [2.05, 4.69) is 10.6 Å². The predicted molar refractivity (Wildman–Crippen MR) is 119 cm³/mol. The van der Waals surface area contributed by atoms with Crippen LogP contribution in [-0.4, -0.2) is 65.9 Å². The summed E-state index contributed by atoms with van der Waals surface area (Å²) >= 11 is 0. The molecule has 0 aromatic rings. The minimum Gasteiger partial charge on any atom is -0.356 e. The molecule has 2 unspecified atom stereocenters. The quantitative estimate of drug-likeness (QED) is 0.486. The SMILES string of the molecule is CC(C)[C@H]1C[C@@H](C(=O)NC(C#N)C[C@@H]2CCNC2=O)N(C(=O)C(NC(=O)C(F)(F)F)C(C)(C)C)C1. The van der Waals surface area contributed by atoms with Crippen LogP contribution in [0.1, 0.15) is 53.9 Å². The molecule has 0 aromatic heterocycles. The van der Waals surface area contributed by atoms with Gasteiger partial charge in [0, 0.05) is 19.0 Å². The van der Waals surface area contributed by atoms with Crippen LogP contribution >= 0.6 is 0 Å². The van der Waals surface area contributed by atoms with E-state index in [1.807, 2.05) is 19.9 Å². The molecule has 9 nitrogen and oxygen atoms in total. The molecule has 0 spiro atoms. The Labute approximate surface area is 203 Å². The van der Waals surface area contributed by atoms with Gasteiger partial charge in [-0.3, -0.25) is 19.2 Å². The number of amides is 4. The van der Waals surface area contributed by atoms with E-state index in [1.165, 1.54) is 25.7 Å². The van der Waals surface area contributed by atoms with Crippen LogP contribution < -0.4 is 16.0 Å². The topological polar surface area (TPSA) is 131 Å². The Morgan fingerprint density at radius 1 is 1.20 bits per heavy atom. The smallest absolute Gasteiger partial charge is 0.356 e. The molecule has 0 aliphatic carbocycles. The molecule has 12 heteroatoms. The summed E-state index contributed by atoms with van der Waals surface area (Å²) in [5, 5.41) is 16.6. The molecule has 5 atom stereocenters. The maximum Gasteiger partial charge on any atom is 0.471 e.